The molecule has 0 saturated carbocycles. The number of benzene rings is 1. The Morgan fingerprint density at radius 1 is 1.25 bits per heavy atom. The lowest BCUT2D eigenvalue weighted by molar-refractivity contribution is 0.00401. The van der Waals surface area contributed by atoms with E-state index in [4.69, 9.17) is 4.74 Å². The number of piperidine rings is 1. The minimum Gasteiger partial charge on any atom is -0.378 e. The SMILES string of the molecule is CO[C@H]1[C@H](NC(=O)c2cccs2)c2ccccc2C12CCNCC2. The summed E-state index contributed by atoms with van der Waals surface area (Å²) in [6.07, 6.45) is 2.04. The van der Waals surface area contributed by atoms with Crippen LogP contribution in [0.4, 0.5) is 0 Å². The predicted octanol–water partition coefficient (Wildman–Crippen LogP) is 2.87. The van der Waals surface area contributed by atoms with Gasteiger partial charge in [-0.05, 0) is 48.5 Å². The number of fused-ring (bicyclic) bond motifs is 2. The maximum absolute atomic E-state index is 12.6. The Morgan fingerprint density at radius 2 is 2.04 bits per heavy atom. The molecule has 1 aliphatic heterocycles. The van der Waals surface area contributed by atoms with Gasteiger partial charge < -0.3 is 15.4 Å². The molecule has 2 aliphatic rings. The number of ether oxygens (including phenoxy) is 1. The minimum atomic E-state index is -0.0982. The first kappa shape index (κ1) is 15.8. The lowest BCUT2D eigenvalue weighted by Crippen LogP contribution is -2.49. The van der Waals surface area contributed by atoms with Crippen LogP contribution in [0, 0.1) is 0 Å². The molecule has 1 aromatic carbocycles. The van der Waals surface area contributed by atoms with Crippen molar-refractivity contribution in [3.8, 4) is 0 Å². The molecule has 126 valence electrons. The molecule has 24 heavy (non-hydrogen) atoms. The number of methoxy groups -OCH3 is 1. The van der Waals surface area contributed by atoms with Crippen LogP contribution < -0.4 is 10.6 Å². The molecule has 2 heterocycles. The molecule has 2 atom stereocenters. The van der Waals surface area contributed by atoms with Crippen molar-refractivity contribution in [2.75, 3.05) is 20.2 Å². The van der Waals surface area contributed by atoms with Crippen LogP contribution in [0.3, 0.4) is 0 Å². The summed E-state index contributed by atoms with van der Waals surface area (Å²) in [7, 11) is 1.77. The molecule has 4 nitrogen and oxygen atoms in total. The quantitative estimate of drug-likeness (QED) is 0.902. The van der Waals surface area contributed by atoms with E-state index in [9.17, 15) is 4.79 Å². The summed E-state index contributed by atoms with van der Waals surface area (Å²) in [5, 5.41) is 8.61. The van der Waals surface area contributed by atoms with Crippen LogP contribution in [0.1, 0.15) is 39.7 Å². The third-order valence-electron chi connectivity index (χ3n) is 5.46. The van der Waals surface area contributed by atoms with E-state index in [0.717, 1.165) is 30.8 Å². The van der Waals surface area contributed by atoms with Gasteiger partial charge in [-0.15, -0.1) is 11.3 Å². The Bertz CT molecular complexity index is 723. The molecule has 1 fully saturated rings. The van der Waals surface area contributed by atoms with Crippen molar-refractivity contribution in [3.63, 3.8) is 0 Å². The van der Waals surface area contributed by atoms with Gasteiger partial charge in [-0.25, -0.2) is 0 Å². The van der Waals surface area contributed by atoms with Crippen molar-refractivity contribution >= 4 is 17.2 Å². The lowest BCUT2D eigenvalue weighted by Gasteiger charge is -2.40. The van der Waals surface area contributed by atoms with E-state index in [-0.39, 0.29) is 23.5 Å². The van der Waals surface area contributed by atoms with Gasteiger partial charge in [0.2, 0.25) is 0 Å². The molecule has 1 spiro atoms. The topological polar surface area (TPSA) is 50.4 Å². The Kier molecular flexibility index (Phi) is 4.16. The van der Waals surface area contributed by atoms with Crippen molar-refractivity contribution < 1.29 is 9.53 Å². The molecule has 1 amide bonds. The van der Waals surface area contributed by atoms with E-state index in [1.54, 1.807) is 7.11 Å². The standard InChI is InChI=1S/C19H22N2O2S/c1-23-17-16(21-18(22)15-7-4-12-24-15)13-5-2-3-6-14(13)19(17)8-10-20-11-9-19/h2-7,12,16-17,20H,8-11H2,1H3,(H,21,22)/t16-,17+/m1/s1. The van der Waals surface area contributed by atoms with Crippen LogP contribution in [-0.4, -0.2) is 32.2 Å². The highest BCUT2D eigenvalue weighted by Gasteiger charge is 2.53. The molecule has 5 heteroatoms. The predicted molar refractivity (Wildman–Crippen MR) is 95.5 cm³/mol. The molecule has 2 N–H and O–H groups in total. The second-order valence-corrected chi connectivity index (χ2v) is 7.53. The lowest BCUT2D eigenvalue weighted by atomic mass is 9.72. The molecule has 0 radical (unpaired) electrons. The molecule has 4 rings (SSSR count). The first-order valence-electron chi connectivity index (χ1n) is 8.43. The van der Waals surface area contributed by atoms with Crippen LogP contribution in [0.15, 0.2) is 41.8 Å². The average molecular weight is 342 g/mol. The number of nitrogens with one attached hydrogen (secondary N) is 2. The summed E-state index contributed by atoms with van der Waals surface area (Å²) in [5.74, 6) is -0.0159. The second-order valence-electron chi connectivity index (χ2n) is 6.58. The van der Waals surface area contributed by atoms with E-state index in [0.29, 0.717) is 0 Å². The van der Waals surface area contributed by atoms with Gasteiger partial charge in [0.15, 0.2) is 0 Å². The van der Waals surface area contributed by atoms with Gasteiger partial charge in [0.1, 0.15) is 0 Å². The van der Waals surface area contributed by atoms with E-state index in [1.807, 2.05) is 17.5 Å². The molecule has 0 bridgehead atoms. The smallest absolute Gasteiger partial charge is 0.261 e. The van der Waals surface area contributed by atoms with Crippen molar-refractivity contribution in [3.05, 3.63) is 57.8 Å². The fourth-order valence-corrected chi connectivity index (χ4v) is 5.05. The molecular formula is C19H22N2O2S. The van der Waals surface area contributed by atoms with Gasteiger partial charge in [0, 0.05) is 12.5 Å². The summed E-state index contributed by atoms with van der Waals surface area (Å²) in [6, 6.07) is 12.2. The zero-order valence-electron chi connectivity index (χ0n) is 13.7. The number of carbonyl (C=O) groups excluding carboxylic acids is 1. The van der Waals surface area contributed by atoms with Crippen molar-refractivity contribution in [1.82, 2.24) is 10.6 Å². The molecular weight excluding hydrogens is 320 g/mol. The fourth-order valence-electron chi connectivity index (χ4n) is 4.42. The van der Waals surface area contributed by atoms with E-state index in [1.165, 1.54) is 22.5 Å². The maximum Gasteiger partial charge on any atom is 0.261 e. The Balaban J connectivity index is 1.72. The Morgan fingerprint density at radius 3 is 2.75 bits per heavy atom. The Hall–Kier alpha value is -1.69. The minimum absolute atomic E-state index is 0.00993. The maximum atomic E-state index is 12.6. The van der Waals surface area contributed by atoms with E-state index in [2.05, 4.69) is 34.9 Å². The van der Waals surface area contributed by atoms with E-state index >= 15 is 0 Å². The zero-order valence-corrected chi connectivity index (χ0v) is 14.6. The number of thiophene rings is 1. The van der Waals surface area contributed by atoms with E-state index < -0.39 is 0 Å². The van der Waals surface area contributed by atoms with Crippen LogP contribution in [-0.2, 0) is 10.2 Å². The van der Waals surface area contributed by atoms with Gasteiger partial charge in [-0.2, -0.15) is 0 Å². The molecule has 1 aliphatic carbocycles. The average Bonchev–Trinajstić information content (AvgIpc) is 3.23. The first-order valence-corrected chi connectivity index (χ1v) is 9.31. The monoisotopic (exact) mass is 342 g/mol. The molecule has 0 unspecified atom stereocenters. The summed E-state index contributed by atoms with van der Waals surface area (Å²) in [4.78, 5) is 13.4. The second kappa shape index (κ2) is 6.31. The zero-order chi connectivity index (χ0) is 16.6. The van der Waals surface area contributed by atoms with Gasteiger partial charge in [-0.3, -0.25) is 4.79 Å². The molecule has 2 aromatic rings. The van der Waals surface area contributed by atoms with Gasteiger partial charge in [0.25, 0.3) is 5.91 Å². The van der Waals surface area contributed by atoms with Gasteiger partial charge in [0.05, 0.1) is 17.0 Å². The number of hydrogen-bond acceptors (Lipinski definition) is 4. The largest absolute Gasteiger partial charge is 0.378 e. The van der Waals surface area contributed by atoms with Crippen molar-refractivity contribution in [2.24, 2.45) is 0 Å². The normalized spacial score (nSPS) is 24.7. The summed E-state index contributed by atoms with van der Waals surface area (Å²) in [6.45, 7) is 1.97. The summed E-state index contributed by atoms with van der Waals surface area (Å²) in [5.41, 5.74) is 2.54. The number of amides is 1. The van der Waals surface area contributed by atoms with Crippen LogP contribution >= 0.6 is 11.3 Å². The highest BCUT2D eigenvalue weighted by molar-refractivity contribution is 7.12. The Labute approximate surface area is 146 Å². The summed E-state index contributed by atoms with van der Waals surface area (Å²) < 4.78 is 5.98. The molecule has 1 aromatic heterocycles. The van der Waals surface area contributed by atoms with Crippen molar-refractivity contribution in [1.29, 1.82) is 0 Å². The van der Waals surface area contributed by atoms with Crippen molar-refractivity contribution in [2.45, 2.75) is 30.4 Å². The van der Waals surface area contributed by atoms with Gasteiger partial charge >= 0.3 is 0 Å². The molecule has 1 saturated heterocycles. The third-order valence-corrected chi connectivity index (χ3v) is 6.33. The fraction of sp³-hybridized carbons (Fsp3) is 0.421. The highest BCUT2D eigenvalue weighted by atomic mass is 32.1. The van der Waals surface area contributed by atoms with Gasteiger partial charge in [-0.1, -0.05) is 30.3 Å². The third kappa shape index (κ3) is 2.39. The highest BCUT2D eigenvalue weighted by Crippen LogP contribution is 2.51. The van der Waals surface area contributed by atoms with Crippen LogP contribution in [0.2, 0.25) is 0 Å². The van der Waals surface area contributed by atoms with Crippen LogP contribution in [0.5, 0.6) is 0 Å². The first-order chi connectivity index (χ1) is 11.8. The number of carbonyl (C=O) groups is 1. The number of rotatable bonds is 3. The number of hydrogen-bond donors (Lipinski definition) is 2. The van der Waals surface area contributed by atoms with Crippen LogP contribution in [0.25, 0.3) is 0 Å². The summed E-state index contributed by atoms with van der Waals surface area (Å²) >= 11 is 1.47.